The summed E-state index contributed by atoms with van der Waals surface area (Å²) in [4.78, 5) is 16.4. The number of carbonyl (C=O) groups is 1. The lowest BCUT2D eigenvalue weighted by Gasteiger charge is -2.17. The van der Waals surface area contributed by atoms with Crippen molar-refractivity contribution in [3.63, 3.8) is 0 Å². The van der Waals surface area contributed by atoms with Gasteiger partial charge in [-0.1, -0.05) is 13.0 Å². The van der Waals surface area contributed by atoms with Crippen LogP contribution in [0.1, 0.15) is 34.6 Å². The molecule has 0 fully saturated rings. The number of anilines is 1. The van der Waals surface area contributed by atoms with Crippen LogP contribution in [0.15, 0.2) is 35.8 Å². The maximum absolute atomic E-state index is 11.1. The Hall–Kier alpha value is -1.88. The number of rotatable bonds is 5. The smallest absolute Gasteiger partial charge is 0.339 e. The summed E-state index contributed by atoms with van der Waals surface area (Å²) in [6.45, 7) is 2.06. The van der Waals surface area contributed by atoms with E-state index < -0.39 is 5.97 Å². The van der Waals surface area contributed by atoms with E-state index in [0.717, 1.165) is 6.42 Å². The molecule has 1 atom stereocenters. The minimum absolute atomic E-state index is 0.0954. The van der Waals surface area contributed by atoms with Crippen molar-refractivity contribution in [1.29, 1.82) is 0 Å². The summed E-state index contributed by atoms with van der Waals surface area (Å²) in [5, 5.41) is 14.3. The standard InChI is InChI=1S/C13H14N2O2S/c1-2-10(11-6-4-8-18-11)15-12-9(13(16)17)5-3-7-14-12/h3-8,10H,2H2,1H3,(H,14,15)(H,16,17). The predicted molar refractivity (Wildman–Crippen MR) is 72.2 cm³/mol. The minimum Gasteiger partial charge on any atom is -0.478 e. The van der Waals surface area contributed by atoms with Crippen LogP contribution in [0, 0.1) is 0 Å². The van der Waals surface area contributed by atoms with E-state index in [1.54, 1.807) is 29.7 Å². The summed E-state index contributed by atoms with van der Waals surface area (Å²) in [5.74, 6) is -0.545. The number of thiophene rings is 1. The van der Waals surface area contributed by atoms with E-state index in [-0.39, 0.29) is 11.6 Å². The number of nitrogens with one attached hydrogen (secondary N) is 1. The predicted octanol–water partition coefficient (Wildman–Crippen LogP) is 3.40. The molecule has 0 spiro atoms. The van der Waals surface area contributed by atoms with Gasteiger partial charge in [-0.2, -0.15) is 0 Å². The van der Waals surface area contributed by atoms with Crippen molar-refractivity contribution in [3.8, 4) is 0 Å². The summed E-state index contributed by atoms with van der Waals surface area (Å²) in [6, 6.07) is 7.30. The van der Waals surface area contributed by atoms with Gasteiger partial charge < -0.3 is 10.4 Å². The molecule has 0 aliphatic rings. The highest BCUT2D eigenvalue weighted by Crippen LogP contribution is 2.26. The molecule has 4 nitrogen and oxygen atoms in total. The fourth-order valence-electron chi connectivity index (χ4n) is 1.72. The average Bonchev–Trinajstić information content (AvgIpc) is 2.90. The largest absolute Gasteiger partial charge is 0.478 e. The Morgan fingerprint density at radius 3 is 2.94 bits per heavy atom. The van der Waals surface area contributed by atoms with Crippen LogP contribution in [0.2, 0.25) is 0 Å². The zero-order valence-corrected chi connectivity index (χ0v) is 10.8. The van der Waals surface area contributed by atoms with Crippen LogP contribution in [0.5, 0.6) is 0 Å². The van der Waals surface area contributed by atoms with Gasteiger partial charge in [0, 0.05) is 11.1 Å². The lowest BCUT2D eigenvalue weighted by Crippen LogP contribution is -2.13. The van der Waals surface area contributed by atoms with E-state index in [9.17, 15) is 4.79 Å². The van der Waals surface area contributed by atoms with E-state index in [4.69, 9.17) is 5.11 Å². The van der Waals surface area contributed by atoms with Crippen molar-refractivity contribution < 1.29 is 9.90 Å². The second kappa shape index (κ2) is 5.64. The Kier molecular flexibility index (Phi) is 3.94. The molecule has 2 heterocycles. The first kappa shape index (κ1) is 12.6. The summed E-state index contributed by atoms with van der Waals surface area (Å²) in [7, 11) is 0. The lowest BCUT2D eigenvalue weighted by atomic mass is 10.1. The Morgan fingerprint density at radius 1 is 1.50 bits per heavy atom. The van der Waals surface area contributed by atoms with Crippen LogP contribution in [-0.4, -0.2) is 16.1 Å². The maximum Gasteiger partial charge on any atom is 0.339 e. The summed E-state index contributed by atoms with van der Waals surface area (Å²) < 4.78 is 0. The van der Waals surface area contributed by atoms with E-state index >= 15 is 0 Å². The molecule has 0 radical (unpaired) electrons. The fourth-order valence-corrected chi connectivity index (χ4v) is 2.58. The first-order chi connectivity index (χ1) is 8.72. The molecule has 94 valence electrons. The van der Waals surface area contributed by atoms with Gasteiger partial charge in [-0.3, -0.25) is 0 Å². The summed E-state index contributed by atoms with van der Waals surface area (Å²) >= 11 is 1.65. The number of aromatic carboxylic acids is 1. The Morgan fingerprint density at radius 2 is 2.33 bits per heavy atom. The molecule has 2 aromatic rings. The highest BCUT2D eigenvalue weighted by atomic mass is 32.1. The molecule has 0 aliphatic heterocycles. The number of aromatic nitrogens is 1. The monoisotopic (exact) mass is 262 g/mol. The molecule has 0 saturated carbocycles. The highest BCUT2D eigenvalue weighted by molar-refractivity contribution is 7.10. The second-order valence-corrected chi connectivity index (χ2v) is 4.80. The van der Waals surface area contributed by atoms with Gasteiger partial charge in [0.2, 0.25) is 0 Å². The third kappa shape index (κ3) is 2.68. The Bertz CT molecular complexity index is 526. The number of carboxylic acid groups (broad SMARTS) is 1. The first-order valence-corrected chi connectivity index (χ1v) is 6.58. The second-order valence-electron chi connectivity index (χ2n) is 3.83. The fraction of sp³-hybridized carbons (Fsp3) is 0.231. The van der Waals surface area contributed by atoms with Gasteiger partial charge in [0.05, 0.1) is 6.04 Å². The van der Waals surface area contributed by atoms with Gasteiger partial charge in [-0.25, -0.2) is 9.78 Å². The van der Waals surface area contributed by atoms with Crippen LogP contribution in [-0.2, 0) is 0 Å². The molecule has 0 aromatic carbocycles. The van der Waals surface area contributed by atoms with Gasteiger partial charge in [0.15, 0.2) is 0 Å². The molecule has 1 unspecified atom stereocenters. The average molecular weight is 262 g/mol. The molecule has 2 N–H and O–H groups in total. The van der Waals surface area contributed by atoms with Crippen LogP contribution in [0.4, 0.5) is 5.82 Å². The van der Waals surface area contributed by atoms with Crippen molar-refractivity contribution in [2.45, 2.75) is 19.4 Å². The summed E-state index contributed by atoms with van der Waals surface area (Å²) in [5.41, 5.74) is 0.201. The van der Waals surface area contributed by atoms with Crippen LogP contribution in [0.3, 0.4) is 0 Å². The summed E-state index contributed by atoms with van der Waals surface area (Å²) in [6.07, 6.45) is 2.46. The van der Waals surface area contributed by atoms with E-state index in [1.165, 1.54) is 4.88 Å². The normalized spacial score (nSPS) is 12.1. The third-order valence-corrected chi connectivity index (χ3v) is 3.63. The van der Waals surface area contributed by atoms with E-state index in [1.807, 2.05) is 17.5 Å². The topological polar surface area (TPSA) is 62.2 Å². The van der Waals surface area contributed by atoms with Gasteiger partial charge in [0.1, 0.15) is 11.4 Å². The molecule has 2 aromatic heterocycles. The van der Waals surface area contributed by atoms with Crippen molar-refractivity contribution in [3.05, 3.63) is 46.3 Å². The lowest BCUT2D eigenvalue weighted by molar-refractivity contribution is 0.0697. The molecular weight excluding hydrogens is 248 g/mol. The third-order valence-electron chi connectivity index (χ3n) is 2.64. The highest BCUT2D eigenvalue weighted by Gasteiger charge is 2.15. The molecule has 5 heteroatoms. The molecular formula is C13H14N2O2S. The molecule has 0 bridgehead atoms. The number of carboxylic acids is 1. The Balaban J connectivity index is 2.25. The minimum atomic E-state index is -0.966. The SMILES string of the molecule is CCC(Nc1ncccc1C(=O)O)c1cccs1. The van der Waals surface area contributed by atoms with E-state index in [0.29, 0.717) is 5.82 Å². The molecule has 0 saturated heterocycles. The molecule has 0 amide bonds. The van der Waals surface area contributed by atoms with Gasteiger partial charge >= 0.3 is 5.97 Å². The maximum atomic E-state index is 11.1. The van der Waals surface area contributed by atoms with Gasteiger partial charge in [0.25, 0.3) is 0 Å². The van der Waals surface area contributed by atoms with Crippen molar-refractivity contribution in [1.82, 2.24) is 4.98 Å². The Labute approximate surface area is 109 Å². The number of hydrogen-bond acceptors (Lipinski definition) is 4. The van der Waals surface area contributed by atoms with Crippen molar-refractivity contribution in [2.75, 3.05) is 5.32 Å². The van der Waals surface area contributed by atoms with E-state index in [2.05, 4.69) is 17.2 Å². The molecule has 18 heavy (non-hydrogen) atoms. The molecule has 0 aliphatic carbocycles. The zero-order chi connectivity index (χ0) is 13.0. The van der Waals surface area contributed by atoms with Crippen LogP contribution >= 0.6 is 11.3 Å². The number of hydrogen-bond donors (Lipinski definition) is 2. The molecule has 2 rings (SSSR count). The first-order valence-electron chi connectivity index (χ1n) is 5.70. The number of nitrogens with zero attached hydrogens (tertiary/aromatic N) is 1. The van der Waals surface area contributed by atoms with Gasteiger partial charge in [-0.15, -0.1) is 11.3 Å². The zero-order valence-electron chi connectivity index (χ0n) is 9.96. The van der Waals surface area contributed by atoms with Crippen molar-refractivity contribution in [2.24, 2.45) is 0 Å². The van der Waals surface area contributed by atoms with Crippen LogP contribution in [0.25, 0.3) is 0 Å². The number of pyridine rings is 1. The van der Waals surface area contributed by atoms with Crippen LogP contribution < -0.4 is 5.32 Å². The van der Waals surface area contributed by atoms with Gasteiger partial charge in [-0.05, 0) is 30.0 Å². The quantitative estimate of drug-likeness (QED) is 0.866. The van der Waals surface area contributed by atoms with Crippen molar-refractivity contribution >= 4 is 23.1 Å².